The Kier molecular flexibility index (Phi) is 4.86. The molecular weight excluding hydrogens is 367 g/mol. The van der Waals surface area contributed by atoms with Crippen LogP contribution >= 0.6 is 0 Å². The van der Waals surface area contributed by atoms with Gasteiger partial charge in [0.15, 0.2) is 0 Å². The van der Waals surface area contributed by atoms with Gasteiger partial charge in [0.2, 0.25) is 0 Å². The summed E-state index contributed by atoms with van der Waals surface area (Å²) < 4.78 is 13.9. The van der Waals surface area contributed by atoms with E-state index < -0.39 is 11.8 Å². The Bertz CT molecular complexity index is 1030. The van der Waals surface area contributed by atoms with Crippen molar-refractivity contribution in [3.63, 3.8) is 0 Å². The Morgan fingerprint density at radius 3 is 2.38 bits per heavy atom. The molecule has 2 amide bonds. The van der Waals surface area contributed by atoms with Gasteiger partial charge in [-0.25, -0.2) is 9.18 Å². The van der Waals surface area contributed by atoms with Gasteiger partial charge in [0.05, 0.1) is 17.1 Å². The summed E-state index contributed by atoms with van der Waals surface area (Å²) in [7, 11) is 0. The summed E-state index contributed by atoms with van der Waals surface area (Å²) in [4.78, 5) is 12.6. The first-order valence-corrected chi connectivity index (χ1v) is 9.84. The minimum atomic E-state index is -0.494. The van der Waals surface area contributed by atoms with Crippen LogP contribution < -0.4 is 10.6 Å². The van der Waals surface area contributed by atoms with Crippen LogP contribution in [-0.4, -0.2) is 16.2 Å². The molecule has 2 aromatic carbocycles. The molecule has 3 aromatic rings. The molecule has 1 saturated carbocycles. The normalized spacial score (nSPS) is 13.9. The number of halogens is 1. The Morgan fingerprint density at radius 2 is 1.76 bits per heavy atom. The lowest BCUT2D eigenvalue weighted by Crippen LogP contribution is -2.21. The molecule has 0 aliphatic heterocycles. The van der Waals surface area contributed by atoms with Crippen LogP contribution in [0.1, 0.15) is 50.8 Å². The van der Waals surface area contributed by atoms with Gasteiger partial charge in [-0.1, -0.05) is 57.2 Å². The number of nitrogens with one attached hydrogen (secondary N) is 3. The van der Waals surface area contributed by atoms with E-state index in [4.69, 9.17) is 0 Å². The Hall–Kier alpha value is -3.15. The second-order valence-corrected chi connectivity index (χ2v) is 8.52. The molecular formula is C23H25FN4O. The molecule has 1 aliphatic carbocycles. The van der Waals surface area contributed by atoms with Gasteiger partial charge in [-0.05, 0) is 36.0 Å². The second kappa shape index (κ2) is 7.35. The quantitative estimate of drug-likeness (QED) is 0.507. The largest absolute Gasteiger partial charge is 0.323 e. The third-order valence-corrected chi connectivity index (χ3v) is 5.16. The van der Waals surface area contributed by atoms with Crippen molar-refractivity contribution < 1.29 is 9.18 Å². The van der Waals surface area contributed by atoms with Crippen molar-refractivity contribution in [2.24, 2.45) is 0 Å². The molecule has 3 N–H and O–H groups in total. The smallest absolute Gasteiger partial charge is 0.305 e. The maximum Gasteiger partial charge on any atom is 0.323 e. The van der Waals surface area contributed by atoms with Crippen LogP contribution in [-0.2, 0) is 5.41 Å². The molecule has 0 spiro atoms. The van der Waals surface area contributed by atoms with Crippen molar-refractivity contribution in [3.8, 4) is 11.3 Å². The molecule has 150 valence electrons. The average Bonchev–Trinajstić information content (AvgIpc) is 3.44. The highest BCUT2D eigenvalue weighted by Gasteiger charge is 2.31. The Balaban J connectivity index is 1.62. The highest BCUT2D eigenvalue weighted by Crippen LogP contribution is 2.45. The van der Waals surface area contributed by atoms with Crippen LogP contribution in [0.15, 0.2) is 48.5 Å². The van der Waals surface area contributed by atoms with Gasteiger partial charge in [0, 0.05) is 11.5 Å². The van der Waals surface area contributed by atoms with Crippen molar-refractivity contribution in [3.05, 3.63) is 65.6 Å². The van der Waals surface area contributed by atoms with Gasteiger partial charge < -0.3 is 10.6 Å². The standard InChI is InChI=1S/C23H25FN4O/c1-23(2,3)16-12-10-15(11-13-16)20-21(19(27-28-20)14-8-9-14)26-22(29)25-18-7-5-4-6-17(18)24/h4-7,10-14H,8-9H2,1-3H3,(H,27,28)(H2,25,26,29). The lowest BCUT2D eigenvalue weighted by molar-refractivity contribution is 0.262. The molecule has 0 unspecified atom stereocenters. The first-order chi connectivity index (χ1) is 13.8. The zero-order chi connectivity index (χ0) is 20.6. The fourth-order valence-corrected chi connectivity index (χ4v) is 3.32. The molecule has 1 aromatic heterocycles. The number of aromatic nitrogens is 2. The third-order valence-electron chi connectivity index (χ3n) is 5.16. The van der Waals surface area contributed by atoms with Crippen LogP contribution in [0.3, 0.4) is 0 Å². The van der Waals surface area contributed by atoms with E-state index in [1.807, 2.05) is 12.1 Å². The molecule has 29 heavy (non-hydrogen) atoms. The maximum atomic E-state index is 13.9. The number of hydrogen-bond acceptors (Lipinski definition) is 2. The van der Waals surface area contributed by atoms with E-state index >= 15 is 0 Å². The van der Waals surface area contributed by atoms with Crippen molar-refractivity contribution in [1.29, 1.82) is 0 Å². The number of carbonyl (C=O) groups is 1. The van der Waals surface area contributed by atoms with Gasteiger partial charge in [0.25, 0.3) is 0 Å². The molecule has 0 bridgehead atoms. The van der Waals surface area contributed by atoms with Gasteiger partial charge in [-0.2, -0.15) is 5.10 Å². The molecule has 1 heterocycles. The van der Waals surface area contributed by atoms with E-state index in [1.165, 1.54) is 17.7 Å². The number of carbonyl (C=O) groups excluding carboxylic acids is 1. The highest BCUT2D eigenvalue weighted by molar-refractivity contribution is 6.02. The summed E-state index contributed by atoms with van der Waals surface area (Å²) in [6.45, 7) is 6.51. The SMILES string of the molecule is CC(C)(C)c1ccc(-c2n[nH]c(C3CC3)c2NC(=O)Nc2ccccc2F)cc1. The summed E-state index contributed by atoms with van der Waals surface area (Å²) in [5.74, 6) is -0.107. The second-order valence-electron chi connectivity index (χ2n) is 8.52. The Morgan fingerprint density at radius 1 is 1.07 bits per heavy atom. The number of H-pyrrole nitrogens is 1. The zero-order valence-corrected chi connectivity index (χ0v) is 16.8. The summed E-state index contributed by atoms with van der Waals surface area (Å²) in [5, 5.41) is 13.0. The molecule has 1 fully saturated rings. The molecule has 0 radical (unpaired) electrons. The molecule has 1 aliphatic rings. The van der Waals surface area contributed by atoms with Crippen molar-refractivity contribution >= 4 is 17.4 Å². The van der Waals surface area contributed by atoms with Crippen molar-refractivity contribution in [2.75, 3.05) is 10.6 Å². The predicted molar refractivity (Wildman–Crippen MR) is 114 cm³/mol. The molecule has 0 saturated heterocycles. The first kappa shape index (κ1) is 19.2. The fraction of sp³-hybridized carbons (Fsp3) is 0.304. The van der Waals surface area contributed by atoms with Gasteiger partial charge >= 0.3 is 6.03 Å². The predicted octanol–water partition coefficient (Wildman–Crippen LogP) is 6.03. The molecule has 6 heteroatoms. The zero-order valence-electron chi connectivity index (χ0n) is 16.8. The number of anilines is 2. The maximum absolute atomic E-state index is 13.9. The van der Waals surface area contributed by atoms with Crippen LogP contribution in [0.5, 0.6) is 0 Å². The van der Waals surface area contributed by atoms with Crippen molar-refractivity contribution in [2.45, 2.75) is 44.9 Å². The lowest BCUT2D eigenvalue weighted by Gasteiger charge is -2.19. The summed E-state index contributed by atoms with van der Waals surface area (Å²) in [6.07, 6.45) is 2.13. The number of hydrogen-bond donors (Lipinski definition) is 3. The van der Waals surface area contributed by atoms with E-state index in [2.05, 4.69) is 53.7 Å². The van der Waals surface area contributed by atoms with Crippen molar-refractivity contribution in [1.82, 2.24) is 10.2 Å². The minimum absolute atomic E-state index is 0.0595. The number of amides is 2. The fourth-order valence-electron chi connectivity index (χ4n) is 3.32. The van der Waals surface area contributed by atoms with Crippen LogP contribution in [0.25, 0.3) is 11.3 Å². The molecule has 4 rings (SSSR count). The van der Waals surface area contributed by atoms with Crippen LogP contribution in [0.2, 0.25) is 0 Å². The number of nitrogens with zero attached hydrogens (tertiary/aromatic N) is 1. The summed E-state index contributed by atoms with van der Waals surface area (Å²) in [6, 6.07) is 13.8. The van der Waals surface area contributed by atoms with E-state index in [1.54, 1.807) is 12.1 Å². The number of aromatic amines is 1. The molecule has 0 atom stereocenters. The molecule has 5 nitrogen and oxygen atoms in total. The summed E-state index contributed by atoms with van der Waals surface area (Å²) >= 11 is 0. The first-order valence-electron chi connectivity index (χ1n) is 9.84. The third kappa shape index (κ3) is 4.16. The van der Waals surface area contributed by atoms with Gasteiger partial charge in [-0.15, -0.1) is 0 Å². The number of benzene rings is 2. The van der Waals surface area contributed by atoms with Gasteiger partial charge in [-0.3, -0.25) is 5.10 Å². The van der Waals surface area contributed by atoms with E-state index in [0.29, 0.717) is 17.3 Å². The lowest BCUT2D eigenvalue weighted by atomic mass is 9.86. The minimum Gasteiger partial charge on any atom is -0.305 e. The highest BCUT2D eigenvalue weighted by atomic mass is 19.1. The van der Waals surface area contributed by atoms with Crippen LogP contribution in [0, 0.1) is 5.82 Å². The monoisotopic (exact) mass is 392 g/mol. The average molecular weight is 392 g/mol. The topological polar surface area (TPSA) is 69.8 Å². The number of urea groups is 1. The Labute approximate surface area is 169 Å². The summed E-state index contributed by atoms with van der Waals surface area (Å²) in [5.41, 5.74) is 4.61. The van der Waals surface area contributed by atoms with E-state index in [-0.39, 0.29) is 11.1 Å². The van der Waals surface area contributed by atoms with Gasteiger partial charge in [0.1, 0.15) is 11.5 Å². The number of rotatable bonds is 4. The number of para-hydroxylation sites is 1. The van der Waals surface area contributed by atoms with E-state index in [0.717, 1.165) is 24.1 Å². The van der Waals surface area contributed by atoms with Crippen LogP contribution in [0.4, 0.5) is 20.6 Å². The van der Waals surface area contributed by atoms with E-state index in [9.17, 15) is 9.18 Å².